The SMILES string of the molecule is COCC(=O)N1CC(N(Cc2ccc(F)cc2)Cc2cccc(OC)c2)CC1C(=O)N1CCNCC1. The summed E-state index contributed by atoms with van der Waals surface area (Å²) in [6.45, 7) is 4.29. The topological polar surface area (TPSA) is 74.4 Å². The van der Waals surface area contributed by atoms with Gasteiger partial charge < -0.3 is 24.6 Å². The zero-order chi connectivity index (χ0) is 25.5. The second-order valence-corrected chi connectivity index (χ2v) is 9.34. The van der Waals surface area contributed by atoms with E-state index >= 15 is 0 Å². The summed E-state index contributed by atoms with van der Waals surface area (Å²) in [6.07, 6.45) is 0.531. The van der Waals surface area contributed by atoms with Gasteiger partial charge in [0, 0.05) is 59.0 Å². The minimum Gasteiger partial charge on any atom is -0.497 e. The Hall–Kier alpha value is -3.01. The normalized spacial score (nSPS) is 20.1. The zero-order valence-electron chi connectivity index (χ0n) is 21.0. The minimum atomic E-state index is -0.531. The number of hydrogen-bond acceptors (Lipinski definition) is 6. The van der Waals surface area contributed by atoms with Crippen molar-refractivity contribution < 1.29 is 23.5 Å². The van der Waals surface area contributed by atoms with Gasteiger partial charge >= 0.3 is 0 Å². The Morgan fingerprint density at radius 3 is 2.47 bits per heavy atom. The molecule has 1 N–H and O–H groups in total. The lowest BCUT2D eigenvalue weighted by molar-refractivity contribution is -0.146. The second kappa shape index (κ2) is 12.3. The van der Waals surface area contributed by atoms with E-state index in [-0.39, 0.29) is 30.3 Å². The fourth-order valence-corrected chi connectivity index (χ4v) is 5.03. The lowest BCUT2D eigenvalue weighted by Gasteiger charge is -2.32. The van der Waals surface area contributed by atoms with Crippen molar-refractivity contribution in [3.8, 4) is 5.75 Å². The van der Waals surface area contributed by atoms with Crippen LogP contribution in [0.15, 0.2) is 48.5 Å². The molecule has 2 aliphatic heterocycles. The molecule has 2 saturated heterocycles. The van der Waals surface area contributed by atoms with Gasteiger partial charge in [0.15, 0.2) is 0 Å². The summed E-state index contributed by atoms with van der Waals surface area (Å²) in [5, 5.41) is 3.27. The summed E-state index contributed by atoms with van der Waals surface area (Å²) in [5.74, 6) is 0.296. The number of hydrogen-bond donors (Lipinski definition) is 1. The van der Waals surface area contributed by atoms with E-state index < -0.39 is 6.04 Å². The molecule has 2 amide bonds. The Morgan fingerprint density at radius 2 is 1.78 bits per heavy atom. The number of carbonyl (C=O) groups excluding carboxylic acids is 2. The number of piperazine rings is 1. The molecular formula is C27H35FN4O4. The third-order valence-corrected chi connectivity index (χ3v) is 6.92. The van der Waals surface area contributed by atoms with Crippen LogP contribution in [0.4, 0.5) is 4.39 Å². The van der Waals surface area contributed by atoms with Gasteiger partial charge in [-0.05, 0) is 41.8 Å². The third kappa shape index (κ3) is 6.40. The summed E-state index contributed by atoms with van der Waals surface area (Å²) in [6, 6.07) is 13.8. The number of methoxy groups -OCH3 is 2. The Labute approximate surface area is 211 Å². The molecule has 2 atom stereocenters. The third-order valence-electron chi connectivity index (χ3n) is 6.92. The fraction of sp³-hybridized carbons (Fsp3) is 0.481. The number of carbonyl (C=O) groups is 2. The molecular weight excluding hydrogens is 463 g/mol. The van der Waals surface area contributed by atoms with Crippen LogP contribution in [0.5, 0.6) is 5.75 Å². The molecule has 0 spiro atoms. The van der Waals surface area contributed by atoms with Crippen LogP contribution < -0.4 is 10.1 Å². The number of nitrogens with zero attached hydrogens (tertiary/aromatic N) is 3. The van der Waals surface area contributed by atoms with Crippen molar-refractivity contribution in [2.75, 3.05) is 53.6 Å². The number of rotatable bonds is 9. The zero-order valence-corrected chi connectivity index (χ0v) is 21.0. The Morgan fingerprint density at radius 1 is 1.06 bits per heavy atom. The molecule has 36 heavy (non-hydrogen) atoms. The molecule has 0 saturated carbocycles. The van der Waals surface area contributed by atoms with Gasteiger partial charge in [0.25, 0.3) is 0 Å². The first kappa shape index (κ1) is 26.1. The largest absolute Gasteiger partial charge is 0.497 e. The Kier molecular flexibility index (Phi) is 8.90. The van der Waals surface area contributed by atoms with Crippen LogP contribution in [0.1, 0.15) is 17.5 Å². The van der Waals surface area contributed by atoms with Crippen molar-refractivity contribution >= 4 is 11.8 Å². The molecule has 8 nitrogen and oxygen atoms in total. The minimum absolute atomic E-state index is 0.00781. The molecule has 2 unspecified atom stereocenters. The highest BCUT2D eigenvalue weighted by Gasteiger charge is 2.43. The molecule has 0 aromatic heterocycles. The summed E-state index contributed by atoms with van der Waals surface area (Å²) < 4.78 is 24.1. The maximum Gasteiger partial charge on any atom is 0.249 e. The van der Waals surface area contributed by atoms with Crippen LogP contribution in [-0.2, 0) is 27.4 Å². The predicted molar refractivity (Wildman–Crippen MR) is 134 cm³/mol. The molecule has 194 valence electrons. The first-order valence-corrected chi connectivity index (χ1v) is 12.4. The van der Waals surface area contributed by atoms with Gasteiger partial charge in [-0.1, -0.05) is 24.3 Å². The Balaban J connectivity index is 1.59. The van der Waals surface area contributed by atoms with Crippen LogP contribution in [0, 0.1) is 5.82 Å². The van der Waals surface area contributed by atoms with Gasteiger partial charge in [-0.25, -0.2) is 4.39 Å². The first-order chi connectivity index (χ1) is 17.5. The van der Waals surface area contributed by atoms with E-state index in [0.717, 1.165) is 30.0 Å². The predicted octanol–water partition coefficient (Wildman–Crippen LogP) is 1.88. The van der Waals surface area contributed by atoms with Gasteiger partial charge in [0.05, 0.1) is 7.11 Å². The van der Waals surface area contributed by atoms with Gasteiger partial charge in [-0.3, -0.25) is 14.5 Å². The maximum atomic E-state index is 13.6. The molecule has 0 radical (unpaired) electrons. The standard InChI is InChI=1S/C27H35FN4O4/c1-35-19-26(33)32-18-23(15-25(32)27(34)30-12-10-29-11-13-30)31(16-20-6-8-22(28)9-7-20)17-21-4-3-5-24(14-21)36-2/h3-9,14,23,25,29H,10-13,15-19H2,1-2H3. The summed E-state index contributed by atoms with van der Waals surface area (Å²) in [5.41, 5.74) is 2.02. The molecule has 2 heterocycles. The average Bonchev–Trinajstić information content (AvgIpc) is 3.35. The molecule has 9 heteroatoms. The van der Waals surface area contributed by atoms with Gasteiger partial charge in [0.2, 0.25) is 11.8 Å². The van der Waals surface area contributed by atoms with Crippen LogP contribution in [0.3, 0.4) is 0 Å². The lowest BCUT2D eigenvalue weighted by atomic mass is 10.1. The van der Waals surface area contributed by atoms with E-state index in [1.807, 2.05) is 29.2 Å². The fourth-order valence-electron chi connectivity index (χ4n) is 5.03. The molecule has 2 aromatic rings. The lowest BCUT2D eigenvalue weighted by Crippen LogP contribution is -2.53. The number of ether oxygens (including phenoxy) is 2. The highest BCUT2D eigenvalue weighted by Crippen LogP contribution is 2.28. The second-order valence-electron chi connectivity index (χ2n) is 9.34. The van der Waals surface area contributed by atoms with E-state index in [2.05, 4.69) is 10.2 Å². The molecule has 0 bridgehead atoms. The molecule has 2 aliphatic rings. The molecule has 0 aliphatic carbocycles. The summed E-state index contributed by atoms with van der Waals surface area (Å²) >= 11 is 0. The highest BCUT2D eigenvalue weighted by molar-refractivity contribution is 5.89. The highest BCUT2D eigenvalue weighted by atomic mass is 19.1. The van der Waals surface area contributed by atoms with E-state index in [1.165, 1.54) is 19.2 Å². The summed E-state index contributed by atoms with van der Waals surface area (Å²) in [7, 11) is 3.13. The van der Waals surface area contributed by atoms with Crippen molar-refractivity contribution in [3.63, 3.8) is 0 Å². The van der Waals surface area contributed by atoms with Crippen LogP contribution in [-0.4, -0.2) is 92.1 Å². The van der Waals surface area contributed by atoms with Crippen molar-refractivity contribution in [2.45, 2.75) is 31.6 Å². The number of likely N-dealkylation sites (tertiary alicyclic amines) is 1. The van der Waals surface area contributed by atoms with E-state index in [4.69, 9.17) is 9.47 Å². The van der Waals surface area contributed by atoms with Crippen molar-refractivity contribution in [1.29, 1.82) is 0 Å². The summed E-state index contributed by atoms with van der Waals surface area (Å²) in [4.78, 5) is 32.3. The van der Waals surface area contributed by atoms with Crippen LogP contribution in [0.2, 0.25) is 0 Å². The number of amides is 2. The quantitative estimate of drug-likeness (QED) is 0.569. The van der Waals surface area contributed by atoms with Crippen LogP contribution >= 0.6 is 0 Å². The molecule has 2 fully saturated rings. The number of halogens is 1. The molecule has 2 aromatic carbocycles. The van der Waals surface area contributed by atoms with Gasteiger partial charge in [0.1, 0.15) is 24.2 Å². The van der Waals surface area contributed by atoms with Crippen LogP contribution in [0.25, 0.3) is 0 Å². The number of nitrogens with one attached hydrogen (secondary N) is 1. The van der Waals surface area contributed by atoms with E-state index in [9.17, 15) is 14.0 Å². The van der Waals surface area contributed by atoms with Gasteiger partial charge in [-0.15, -0.1) is 0 Å². The Bertz CT molecular complexity index is 1030. The van der Waals surface area contributed by atoms with E-state index in [1.54, 1.807) is 24.1 Å². The van der Waals surface area contributed by atoms with Crippen molar-refractivity contribution in [1.82, 2.24) is 20.0 Å². The van der Waals surface area contributed by atoms with Crippen molar-refractivity contribution in [2.24, 2.45) is 0 Å². The van der Waals surface area contributed by atoms with Gasteiger partial charge in [-0.2, -0.15) is 0 Å². The van der Waals surface area contributed by atoms with E-state index in [0.29, 0.717) is 39.1 Å². The smallest absolute Gasteiger partial charge is 0.249 e. The number of benzene rings is 2. The monoisotopic (exact) mass is 498 g/mol. The average molecular weight is 499 g/mol. The first-order valence-electron chi connectivity index (χ1n) is 12.4. The maximum absolute atomic E-state index is 13.6. The molecule has 4 rings (SSSR count). The van der Waals surface area contributed by atoms with Crippen molar-refractivity contribution in [3.05, 3.63) is 65.5 Å².